The van der Waals surface area contributed by atoms with Crippen molar-refractivity contribution in [1.82, 2.24) is 24.4 Å². The molecule has 0 aliphatic carbocycles. The van der Waals surface area contributed by atoms with Crippen LogP contribution >= 0.6 is 11.3 Å². The van der Waals surface area contributed by atoms with Crippen molar-refractivity contribution in [2.45, 2.75) is 64.6 Å². The number of rotatable bonds is 4. The van der Waals surface area contributed by atoms with E-state index in [1.165, 1.54) is 0 Å². The topological polar surface area (TPSA) is 73.7 Å². The smallest absolute Gasteiger partial charge is 0.277 e. The normalized spacial score (nSPS) is 19.8. The summed E-state index contributed by atoms with van der Waals surface area (Å²) in [5.41, 5.74) is 3.27. The van der Waals surface area contributed by atoms with Crippen molar-refractivity contribution in [3.05, 3.63) is 55.8 Å². The number of carbonyl (C=O) groups excluding carboxylic acids is 1. The first-order valence-electron chi connectivity index (χ1n) is 11.2. The van der Waals surface area contributed by atoms with E-state index in [1.54, 1.807) is 15.9 Å². The van der Waals surface area contributed by atoms with E-state index in [4.69, 9.17) is 4.98 Å². The Labute approximate surface area is 185 Å². The van der Waals surface area contributed by atoms with Crippen LogP contribution in [0.3, 0.4) is 0 Å². The molecule has 2 aliphatic heterocycles. The van der Waals surface area contributed by atoms with E-state index in [0.717, 1.165) is 60.6 Å². The first-order valence-corrected chi connectivity index (χ1v) is 12.1. The minimum atomic E-state index is -0.0356. The Morgan fingerprint density at radius 2 is 2.19 bits per heavy atom. The van der Waals surface area contributed by atoms with Gasteiger partial charge in [0, 0.05) is 43.0 Å². The molecule has 2 aliphatic rings. The number of likely N-dealkylation sites (tertiary alicyclic amines) is 1. The summed E-state index contributed by atoms with van der Waals surface area (Å²) in [6.07, 6.45) is 4.23. The standard InChI is InChI=1S/C23H29N5O2S/c1-15(2)26-10-8-18-17(14-26)23(30)28-21(24-18)13-19(25-28)20-7-3-4-9-27(20)22(29)12-16-6-5-11-31-16/h5-6,11,13,15,20,25H,3-4,7-10,12,14H2,1-2H3. The molecule has 3 aromatic heterocycles. The van der Waals surface area contributed by atoms with Gasteiger partial charge in [0.05, 0.1) is 29.4 Å². The van der Waals surface area contributed by atoms with Crippen LogP contribution in [0, 0.1) is 0 Å². The van der Waals surface area contributed by atoms with Crippen LogP contribution in [-0.2, 0) is 24.2 Å². The fourth-order valence-electron chi connectivity index (χ4n) is 4.85. The molecular formula is C23H29N5O2S. The minimum Gasteiger partial charge on any atom is -0.334 e. The van der Waals surface area contributed by atoms with E-state index in [1.807, 2.05) is 28.5 Å². The minimum absolute atomic E-state index is 0.0103. The molecule has 7 nitrogen and oxygen atoms in total. The first-order chi connectivity index (χ1) is 15.0. The van der Waals surface area contributed by atoms with Crippen LogP contribution in [0.4, 0.5) is 0 Å². The van der Waals surface area contributed by atoms with E-state index < -0.39 is 0 Å². The lowest BCUT2D eigenvalue weighted by Crippen LogP contribution is -2.40. The third-order valence-corrected chi connectivity index (χ3v) is 7.51. The molecule has 1 saturated heterocycles. The van der Waals surface area contributed by atoms with Crippen molar-refractivity contribution >= 4 is 22.9 Å². The Morgan fingerprint density at radius 1 is 1.32 bits per heavy atom. The molecule has 0 spiro atoms. The molecule has 0 saturated carbocycles. The van der Waals surface area contributed by atoms with Crippen molar-refractivity contribution in [2.24, 2.45) is 0 Å². The molecule has 164 valence electrons. The maximum atomic E-state index is 13.3. The zero-order valence-corrected chi connectivity index (χ0v) is 19.0. The number of nitrogens with zero attached hydrogens (tertiary/aromatic N) is 4. The third kappa shape index (κ3) is 3.83. The fraction of sp³-hybridized carbons (Fsp3) is 0.522. The van der Waals surface area contributed by atoms with Gasteiger partial charge < -0.3 is 4.90 Å². The second-order valence-corrected chi connectivity index (χ2v) is 9.95. The molecule has 1 amide bonds. The number of fused-ring (bicyclic) bond motifs is 2. The Morgan fingerprint density at radius 3 is 2.97 bits per heavy atom. The Hall–Kier alpha value is -2.45. The van der Waals surface area contributed by atoms with Gasteiger partial charge in [-0.1, -0.05) is 6.07 Å². The van der Waals surface area contributed by atoms with E-state index in [2.05, 4.69) is 23.8 Å². The predicted octanol–water partition coefficient (Wildman–Crippen LogP) is 3.15. The largest absolute Gasteiger partial charge is 0.334 e. The molecule has 3 aromatic rings. The second kappa shape index (κ2) is 8.24. The van der Waals surface area contributed by atoms with Crippen LogP contribution in [0.25, 0.3) is 5.65 Å². The van der Waals surface area contributed by atoms with Gasteiger partial charge in [-0.15, -0.1) is 11.3 Å². The zero-order chi connectivity index (χ0) is 21.5. The maximum absolute atomic E-state index is 13.3. The number of H-pyrrole nitrogens is 1. The summed E-state index contributed by atoms with van der Waals surface area (Å²) < 4.78 is 1.58. The lowest BCUT2D eigenvalue weighted by Gasteiger charge is -2.35. The van der Waals surface area contributed by atoms with E-state index in [9.17, 15) is 9.59 Å². The summed E-state index contributed by atoms with van der Waals surface area (Å²) in [5.74, 6) is 0.151. The number of hydrogen-bond acceptors (Lipinski definition) is 5. The van der Waals surface area contributed by atoms with Crippen LogP contribution in [0.2, 0.25) is 0 Å². The van der Waals surface area contributed by atoms with Crippen LogP contribution in [0.1, 0.15) is 61.0 Å². The van der Waals surface area contributed by atoms with Crippen LogP contribution < -0.4 is 5.56 Å². The Bertz CT molecular complexity index is 1150. The molecule has 1 N–H and O–H groups in total. The lowest BCUT2D eigenvalue weighted by atomic mass is 9.99. The van der Waals surface area contributed by atoms with Crippen molar-refractivity contribution in [1.29, 1.82) is 0 Å². The van der Waals surface area contributed by atoms with E-state index >= 15 is 0 Å². The summed E-state index contributed by atoms with van der Waals surface area (Å²) in [4.78, 5) is 36.5. The first kappa shape index (κ1) is 20.5. The average molecular weight is 440 g/mol. The summed E-state index contributed by atoms with van der Waals surface area (Å²) in [6.45, 7) is 6.65. The monoisotopic (exact) mass is 439 g/mol. The molecule has 1 unspecified atom stereocenters. The summed E-state index contributed by atoms with van der Waals surface area (Å²) in [7, 11) is 0. The fourth-order valence-corrected chi connectivity index (χ4v) is 5.55. The Kier molecular flexibility index (Phi) is 5.44. The third-order valence-electron chi connectivity index (χ3n) is 6.63. The zero-order valence-electron chi connectivity index (χ0n) is 18.1. The lowest BCUT2D eigenvalue weighted by molar-refractivity contribution is -0.134. The van der Waals surface area contributed by atoms with E-state index in [0.29, 0.717) is 24.7 Å². The number of carbonyl (C=O) groups is 1. The van der Waals surface area contributed by atoms with Gasteiger partial charge in [-0.2, -0.15) is 0 Å². The van der Waals surface area contributed by atoms with Crippen molar-refractivity contribution in [2.75, 3.05) is 13.1 Å². The quantitative estimate of drug-likeness (QED) is 0.678. The summed E-state index contributed by atoms with van der Waals surface area (Å²) in [5, 5.41) is 5.31. The van der Waals surface area contributed by atoms with Crippen LogP contribution in [-0.4, -0.2) is 49.4 Å². The molecule has 0 radical (unpaired) electrons. The second-order valence-electron chi connectivity index (χ2n) is 8.92. The predicted molar refractivity (Wildman–Crippen MR) is 121 cm³/mol. The molecule has 0 aromatic carbocycles. The molecule has 1 atom stereocenters. The van der Waals surface area contributed by atoms with Gasteiger partial charge in [0.1, 0.15) is 0 Å². The number of nitrogens with one attached hydrogen (secondary N) is 1. The van der Waals surface area contributed by atoms with Crippen molar-refractivity contribution in [3.63, 3.8) is 0 Å². The molecule has 31 heavy (non-hydrogen) atoms. The molecule has 0 bridgehead atoms. The maximum Gasteiger partial charge on any atom is 0.277 e. The highest BCUT2D eigenvalue weighted by Gasteiger charge is 2.30. The van der Waals surface area contributed by atoms with Gasteiger partial charge in [0.25, 0.3) is 5.56 Å². The summed E-state index contributed by atoms with van der Waals surface area (Å²) in [6, 6.07) is 6.33. The highest BCUT2D eigenvalue weighted by atomic mass is 32.1. The van der Waals surface area contributed by atoms with Crippen LogP contribution in [0.15, 0.2) is 28.4 Å². The molecule has 8 heteroatoms. The van der Waals surface area contributed by atoms with Gasteiger partial charge >= 0.3 is 0 Å². The van der Waals surface area contributed by atoms with Crippen LogP contribution in [0.5, 0.6) is 0 Å². The van der Waals surface area contributed by atoms with Gasteiger partial charge in [-0.3, -0.25) is 19.6 Å². The highest BCUT2D eigenvalue weighted by molar-refractivity contribution is 7.10. The number of hydrogen-bond donors (Lipinski definition) is 1. The van der Waals surface area contributed by atoms with E-state index in [-0.39, 0.29) is 17.5 Å². The molecular weight excluding hydrogens is 410 g/mol. The number of amides is 1. The summed E-state index contributed by atoms with van der Waals surface area (Å²) >= 11 is 1.62. The van der Waals surface area contributed by atoms with Gasteiger partial charge in [0.15, 0.2) is 5.65 Å². The van der Waals surface area contributed by atoms with Gasteiger partial charge in [0.2, 0.25) is 5.91 Å². The molecule has 1 fully saturated rings. The number of aromatic amines is 1. The number of aromatic nitrogens is 3. The number of thiophene rings is 1. The molecule has 5 rings (SSSR count). The van der Waals surface area contributed by atoms with Crippen molar-refractivity contribution in [3.8, 4) is 0 Å². The van der Waals surface area contributed by atoms with Gasteiger partial charge in [-0.25, -0.2) is 9.50 Å². The van der Waals surface area contributed by atoms with Crippen molar-refractivity contribution < 1.29 is 4.79 Å². The Balaban J connectivity index is 1.47. The van der Waals surface area contributed by atoms with Gasteiger partial charge in [-0.05, 0) is 44.6 Å². The average Bonchev–Trinajstić information content (AvgIpc) is 3.43. The SMILES string of the molecule is CC(C)N1CCc2nc3cc(C4CCCCN4C(=O)Cc4cccs4)[nH]n3c(=O)c2C1. The highest BCUT2D eigenvalue weighted by Crippen LogP contribution is 2.31. The number of piperidine rings is 1. The molecule has 5 heterocycles.